The molecule has 0 saturated carbocycles. The molecule has 0 amide bonds. The van der Waals surface area contributed by atoms with Crippen molar-refractivity contribution in [2.24, 2.45) is 4.99 Å². The zero-order chi connectivity index (χ0) is 21.3. The van der Waals surface area contributed by atoms with Crippen LogP contribution in [0.5, 0.6) is 5.75 Å². The highest BCUT2D eigenvalue weighted by Crippen LogP contribution is 2.22. The molecule has 0 aliphatic rings. The van der Waals surface area contributed by atoms with Crippen molar-refractivity contribution in [1.29, 1.82) is 0 Å². The Morgan fingerprint density at radius 2 is 1.90 bits per heavy atom. The van der Waals surface area contributed by atoms with Crippen LogP contribution in [0.3, 0.4) is 0 Å². The molecule has 0 aliphatic heterocycles. The second-order valence-corrected chi connectivity index (χ2v) is 8.68. The van der Waals surface area contributed by atoms with E-state index in [0.29, 0.717) is 24.1 Å². The summed E-state index contributed by atoms with van der Waals surface area (Å²) in [6.07, 6.45) is 0.737. The number of nitrogens with one attached hydrogen (secondary N) is 3. The number of aliphatic imine (C=N–C) groups is 1. The summed E-state index contributed by atoms with van der Waals surface area (Å²) in [5, 5.41) is 7.15. The SMILES string of the molecule is CN=C(NCCc1ccc(OC)cc1Cl)NCc1cccc(CS(=O)(=O)NC)c1. The molecule has 0 unspecified atom stereocenters. The fourth-order valence-corrected chi connectivity index (χ4v) is 3.73. The van der Waals surface area contributed by atoms with Crippen LogP contribution >= 0.6 is 11.6 Å². The first-order valence-electron chi connectivity index (χ1n) is 9.13. The number of halogens is 1. The topological polar surface area (TPSA) is 91.8 Å². The molecule has 9 heteroatoms. The number of benzene rings is 2. The summed E-state index contributed by atoms with van der Waals surface area (Å²) in [7, 11) is 1.42. The van der Waals surface area contributed by atoms with Crippen molar-refractivity contribution < 1.29 is 13.2 Å². The largest absolute Gasteiger partial charge is 0.497 e. The minimum Gasteiger partial charge on any atom is -0.497 e. The maximum atomic E-state index is 11.7. The fourth-order valence-electron chi connectivity index (χ4n) is 2.70. The Labute approximate surface area is 177 Å². The maximum Gasteiger partial charge on any atom is 0.215 e. The minimum absolute atomic E-state index is 0.0487. The molecule has 7 nitrogen and oxygen atoms in total. The smallest absolute Gasteiger partial charge is 0.215 e. The predicted molar refractivity (Wildman–Crippen MR) is 118 cm³/mol. The van der Waals surface area contributed by atoms with E-state index in [1.165, 1.54) is 7.05 Å². The Kier molecular flexibility index (Phi) is 8.75. The lowest BCUT2D eigenvalue weighted by molar-refractivity contribution is 0.414. The van der Waals surface area contributed by atoms with E-state index in [9.17, 15) is 8.42 Å². The molecule has 0 saturated heterocycles. The van der Waals surface area contributed by atoms with Gasteiger partial charge in [0.2, 0.25) is 10.0 Å². The number of hydrogen-bond acceptors (Lipinski definition) is 4. The van der Waals surface area contributed by atoms with E-state index in [-0.39, 0.29) is 5.75 Å². The number of nitrogens with zero attached hydrogens (tertiary/aromatic N) is 1. The molecule has 2 rings (SSSR count). The maximum absolute atomic E-state index is 11.7. The fraction of sp³-hybridized carbons (Fsp3) is 0.350. The van der Waals surface area contributed by atoms with Gasteiger partial charge >= 0.3 is 0 Å². The molecule has 0 aliphatic carbocycles. The van der Waals surface area contributed by atoms with E-state index >= 15 is 0 Å². The lowest BCUT2D eigenvalue weighted by Crippen LogP contribution is -2.37. The van der Waals surface area contributed by atoms with Crippen LogP contribution in [0.15, 0.2) is 47.5 Å². The molecule has 0 fully saturated rings. The lowest BCUT2D eigenvalue weighted by Gasteiger charge is -2.13. The van der Waals surface area contributed by atoms with Gasteiger partial charge in [-0.25, -0.2) is 13.1 Å². The number of ether oxygens (including phenoxy) is 1. The quantitative estimate of drug-likeness (QED) is 0.412. The lowest BCUT2D eigenvalue weighted by atomic mass is 10.1. The third-order valence-corrected chi connectivity index (χ3v) is 5.98. The molecule has 0 bridgehead atoms. The van der Waals surface area contributed by atoms with Gasteiger partial charge in [0.05, 0.1) is 12.9 Å². The predicted octanol–water partition coefficient (Wildman–Crippen LogP) is 2.31. The minimum atomic E-state index is -3.30. The van der Waals surface area contributed by atoms with Gasteiger partial charge in [0.15, 0.2) is 5.96 Å². The Morgan fingerprint density at radius 3 is 2.55 bits per heavy atom. The summed E-state index contributed by atoms with van der Waals surface area (Å²) in [4.78, 5) is 4.21. The van der Waals surface area contributed by atoms with Gasteiger partial charge in [0, 0.05) is 25.2 Å². The molecule has 0 heterocycles. The van der Waals surface area contributed by atoms with Crippen molar-refractivity contribution in [3.8, 4) is 5.75 Å². The second-order valence-electron chi connectivity index (χ2n) is 6.34. The molecule has 2 aromatic carbocycles. The van der Waals surface area contributed by atoms with Gasteiger partial charge < -0.3 is 15.4 Å². The van der Waals surface area contributed by atoms with Gasteiger partial charge in [-0.2, -0.15) is 0 Å². The molecule has 0 atom stereocenters. The molecule has 158 valence electrons. The molecule has 0 spiro atoms. The molecule has 3 N–H and O–H groups in total. The zero-order valence-corrected chi connectivity index (χ0v) is 18.4. The number of methoxy groups -OCH3 is 1. The molecule has 0 radical (unpaired) electrons. The number of sulfonamides is 1. The third-order valence-electron chi connectivity index (χ3n) is 4.29. The zero-order valence-electron chi connectivity index (χ0n) is 16.8. The van der Waals surface area contributed by atoms with E-state index in [2.05, 4.69) is 20.3 Å². The van der Waals surface area contributed by atoms with Gasteiger partial charge in [0.1, 0.15) is 5.75 Å². The van der Waals surface area contributed by atoms with Crippen molar-refractivity contribution in [2.45, 2.75) is 18.7 Å². The summed E-state index contributed by atoms with van der Waals surface area (Å²) >= 11 is 6.27. The normalized spacial score (nSPS) is 11.9. The average Bonchev–Trinajstić information content (AvgIpc) is 2.71. The number of guanidine groups is 1. The van der Waals surface area contributed by atoms with Crippen molar-refractivity contribution in [2.75, 3.05) is 27.7 Å². The number of hydrogen-bond donors (Lipinski definition) is 3. The summed E-state index contributed by atoms with van der Waals surface area (Å²) < 4.78 is 30.9. The van der Waals surface area contributed by atoms with Gasteiger partial charge in [-0.3, -0.25) is 4.99 Å². The van der Waals surface area contributed by atoms with Crippen LogP contribution in [-0.4, -0.2) is 42.1 Å². The highest BCUT2D eigenvalue weighted by molar-refractivity contribution is 7.88. The van der Waals surface area contributed by atoms with Crippen LogP contribution in [-0.2, 0) is 28.7 Å². The first kappa shape index (κ1) is 23.0. The van der Waals surface area contributed by atoms with Crippen LogP contribution in [0.4, 0.5) is 0 Å². The van der Waals surface area contributed by atoms with Crippen LogP contribution in [0, 0.1) is 0 Å². The molecular formula is C20H27ClN4O3S. The van der Waals surface area contributed by atoms with Crippen LogP contribution in [0.2, 0.25) is 5.02 Å². The Hall–Kier alpha value is -2.29. The van der Waals surface area contributed by atoms with Crippen LogP contribution < -0.4 is 20.1 Å². The van der Waals surface area contributed by atoms with Crippen LogP contribution in [0.25, 0.3) is 0 Å². The van der Waals surface area contributed by atoms with Crippen LogP contribution in [0.1, 0.15) is 16.7 Å². The highest BCUT2D eigenvalue weighted by Gasteiger charge is 2.09. The van der Waals surface area contributed by atoms with Crippen molar-refractivity contribution in [3.63, 3.8) is 0 Å². The Bertz CT molecular complexity index is 948. The average molecular weight is 439 g/mol. The third kappa shape index (κ3) is 7.56. The molecular weight excluding hydrogens is 412 g/mol. The van der Waals surface area contributed by atoms with E-state index in [1.807, 2.05) is 30.3 Å². The Morgan fingerprint density at radius 1 is 1.14 bits per heavy atom. The standard InChI is InChI=1S/C20H27ClN4O3S/c1-22-20(24-10-9-17-7-8-18(28-3)12-19(17)21)25-13-15-5-4-6-16(11-15)14-29(26,27)23-2/h4-8,11-12,23H,9-10,13-14H2,1-3H3,(H2,22,24,25). The van der Waals surface area contributed by atoms with Crippen molar-refractivity contribution in [1.82, 2.24) is 15.4 Å². The van der Waals surface area contributed by atoms with Gasteiger partial charge in [-0.15, -0.1) is 0 Å². The second kappa shape index (κ2) is 11.0. The first-order chi connectivity index (χ1) is 13.9. The van der Waals surface area contributed by atoms with E-state index < -0.39 is 10.0 Å². The van der Waals surface area contributed by atoms with Gasteiger partial charge in [-0.05, 0) is 42.3 Å². The highest BCUT2D eigenvalue weighted by atomic mass is 35.5. The Balaban J connectivity index is 1.86. The van der Waals surface area contributed by atoms with E-state index in [1.54, 1.807) is 26.3 Å². The van der Waals surface area contributed by atoms with E-state index in [4.69, 9.17) is 16.3 Å². The van der Waals surface area contributed by atoms with Crippen molar-refractivity contribution in [3.05, 3.63) is 64.2 Å². The van der Waals surface area contributed by atoms with Crippen molar-refractivity contribution >= 4 is 27.6 Å². The summed E-state index contributed by atoms with van der Waals surface area (Å²) in [6, 6.07) is 13.1. The molecule has 29 heavy (non-hydrogen) atoms. The monoisotopic (exact) mass is 438 g/mol. The summed E-state index contributed by atoms with van der Waals surface area (Å²) in [5.74, 6) is 1.34. The first-order valence-corrected chi connectivity index (χ1v) is 11.2. The summed E-state index contributed by atoms with van der Waals surface area (Å²) in [6.45, 7) is 1.18. The summed E-state index contributed by atoms with van der Waals surface area (Å²) in [5.41, 5.74) is 2.72. The molecule has 0 aromatic heterocycles. The van der Waals surface area contributed by atoms with Gasteiger partial charge in [0.25, 0.3) is 0 Å². The molecule has 2 aromatic rings. The number of rotatable bonds is 9. The van der Waals surface area contributed by atoms with E-state index in [0.717, 1.165) is 28.9 Å². The van der Waals surface area contributed by atoms with Gasteiger partial charge in [-0.1, -0.05) is 41.9 Å².